The zero-order chi connectivity index (χ0) is 31.9. The number of H-pyrrole nitrogens is 1. The summed E-state index contributed by atoms with van der Waals surface area (Å²) >= 11 is 0. The van der Waals surface area contributed by atoms with E-state index in [2.05, 4.69) is 75.7 Å². The molecule has 2 fully saturated rings. The molecule has 4 rings (SSSR count). The Morgan fingerprint density at radius 1 is 1.07 bits per heavy atom. The van der Waals surface area contributed by atoms with E-state index in [1.54, 1.807) is 25.5 Å². The second-order valence-corrected chi connectivity index (χ2v) is 21.9. The van der Waals surface area contributed by atoms with Crippen molar-refractivity contribution in [1.29, 1.82) is 0 Å². The van der Waals surface area contributed by atoms with Gasteiger partial charge in [0.1, 0.15) is 25.1 Å². The summed E-state index contributed by atoms with van der Waals surface area (Å²) < 4.78 is 41.4. The first-order valence-corrected chi connectivity index (χ1v) is 19.2. The Balaban J connectivity index is 1.83. The molecule has 2 N–H and O–H groups in total. The van der Waals surface area contributed by atoms with E-state index in [4.69, 9.17) is 27.2 Å². The lowest BCUT2D eigenvalue weighted by molar-refractivity contribution is -0.127. The number of aromatic nitrogens is 4. The van der Waals surface area contributed by atoms with E-state index in [0.29, 0.717) is 0 Å². The van der Waals surface area contributed by atoms with Gasteiger partial charge in [-0.1, -0.05) is 69.2 Å². The number of ether oxygens (including phenoxy) is 3. The van der Waals surface area contributed by atoms with Crippen LogP contribution >= 0.6 is 0 Å². The molecule has 1 amide bonds. The van der Waals surface area contributed by atoms with Gasteiger partial charge in [0.2, 0.25) is 11.9 Å². The molecule has 4 atom stereocenters. The molecular weight excluding hydrogens is 591 g/mol. The van der Waals surface area contributed by atoms with Crippen molar-refractivity contribution >= 4 is 40.1 Å². The molecule has 2 aromatic rings. The number of imidazole rings is 1. The van der Waals surface area contributed by atoms with Gasteiger partial charge in [0.05, 0.1) is 12.9 Å². The lowest BCUT2D eigenvalue weighted by Gasteiger charge is -2.51. The Bertz CT molecular complexity index is 1310. The van der Waals surface area contributed by atoms with Crippen molar-refractivity contribution in [3.63, 3.8) is 0 Å². The first-order valence-electron chi connectivity index (χ1n) is 15.2. The molecular formula is C28H49N5O8Si2. The van der Waals surface area contributed by atoms with Crippen LogP contribution in [0.3, 0.4) is 0 Å². The number of nitrogens with one attached hydrogen (secondary N) is 2. The fraction of sp³-hybridized carbons (Fsp3) is 0.786. The van der Waals surface area contributed by atoms with E-state index in [1.165, 1.54) is 6.33 Å². The third kappa shape index (κ3) is 6.27. The SMILES string of the molecule is COCO[C@H]1C2O[Si](C(C)C)(C(C)C)O[Si](C(C)C)(C(C)C)OC[C@H]2O[C@H]1n1cnc2c(=O)[nH]c(NC(=O)C(C)C)nc21. The number of nitrogens with zero attached hydrogens (tertiary/aromatic N) is 3. The predicted molar refractivity (Wildman–Crippen MR) is 166 cm³/mol. The van der Waals surface area contributed by atoms with Crippen molar-refractivity contribution < 1.29 is 32.0 Å². The predicted octanol–water partition coefficient (Wildman–Crippen LogP) is 4.56. The molecule has 0 aromatic carbocycles. The lowest BCUT2D eigenvalue weighted by Crippen LogP contribution is -2.66. The maximum Gasteiger partial charge on any atom is 0.335 e. The van der Waals surface area contributed by atoms with E-state index in [0.717, 1.165) is 0 Å². The zero-order valence-corrected chi connectivity index (χ0v) is 29.3. The largest absolute Gasteiger partial charge is 0.414 e. The molecule has 2 aliphatic rings. The van der Waals surface area contributed by atoms with Crippen LogP contribution in [0.2, 0.25) is 22.2 Å². The number of methoxy groups -OCH3 is 1. The van der Waals surface area contributed by atoms with E-state index in [-0.39, 0.29) is 64.5 Å². The number of hydrogen-bond acceptors (Lipinski definition) is 10. The van der Waals surface area contributed by atoms with Crippen LogP contribution in [0.5, 0.6) is 0 Å². The third-order valence-corrected chi connectivity index (χ3v) is 18.7. The second kappa shape index (κ2) is 13.2. The van der Waals surface area contributed by atoms with Crippen molar-refractivity contribution in [2.75, 3.05) is 25.8 Å². The molecule has 43 heavy (non-hydrogen) atoms. The molecule has 0 bridgehead atoms. The summed E-state index contributed by atoms with van der Waals surface area (Å²) in [5.41, 5.74) is 0.469. The Hall–Kier alpha value is -1.99. The zero-order valence-electron chi connectivity index (χ0n) is 27.3. The monoisotopic (exact) mass is 639 g/mol. The molecule has 4 heterocycles. The van der Waals surface area contributed by atoms with Gasteiger partial charge in [-0.05, 0) is 22.2 Å². The number of amides is 1. The van der Waals surface area contributed by atoms with Gasteiger partial charge in [-0.25, -0.2) is 4.98 Å². The van der Waals surface area contributed by atoms with Gasteiger partial charge < -0.3 is 27.2 Å². The van der Waals surface area contributed by atoms with Gasteiger partial charge in [-0.3, -0.25) is 24.5 Å². The highest BCUT2D eigenvalue weighted by Gasteiger charge is 2.62. The Morgan fingerprint density at radius 2 is 1.70 bits per heavy atom. The quantitative estimate of drug-likeness (QED) is 0.280. The number of fused-ring (bicyclic) bond motifs is 2. The molecule has 242 valence electrons. The maximum absolute atomic E-state index is 12.9. The summed E-state index contributed by atoms with van der Waals surface area (Å²) in [4.78, 5) is 36.8. The van der Waals surface area contributed by atoms with Crippen molar-refractivity contribution in [3.05, 3.63) is 16.7 Å². The highest BCUT2D eigenvalue weighted by atomic mass is 28.5. The molecule has 0 radical (unpaired) electrons. The molecule has 0 aliphatic carbocycles. The molecule has 2 saturated heterocycles. The van der Waals surface area contributed by atoms with E-state index < -0.39 is 47.2 Å². The minimum atomic E-state index is -2.97. The van der Waals surface area contributed by atoms with E-state index >= 15 is 0 Å². The van der Waals surface area contributed by atoms with Crippen molar-refractivity contribution in [3.8, 4) is 0 Å². The first-order chi connectivity index (χ1) is 20.2. The number of carbonyl (C=O) groups excluding carboxylic acids is 1. The molecule has 0 spiro atoms. The molecule has 2 aliphatic heterocycles. The molecule has 15 heteroatoms. The number of rotatable bonds is 10. The topological polar surface area (TPSA) is 148 Å². The Morgan fingerprint density at radius 3 is 2.26 bits per heavy atom. The molecule has 1 unspecified atom stereocenters. The Labute approximate surface area is 255 Å². The standard InChI is InChI=1S/C28H49N5O8Si2/c1-15(2)25(34)31-28-30-24-21(26(35)32-28)29-13-33(24)27-23(37-14-36-11)22-20(39-27)12-38-42(16(3)4,17(5)6)41-43(40-22,18(7)8)19(9)10/h13,15-20,22-23,27H,12,14H2,1-11H3,(H2,30,31,32,34,35)/t20-,22?,23+,27-/m1/s1. The minimum Gasteiger partial charge on any atom is -0.414 e. The van der Waals surface area contributed by atoms with Crippen LogP contribution in [0.1, 0.15) is 75.5 Å². The molecule has 13 nitrogen and oxygen atoms in total. The fourth-order valence-corrected chi connectivity index (χ4v) is 17.3. The highest BCUT2D eigenvalue weighted by molar-refractivity contribution is 6.84. The van der Waals surface area contributed by atoms with Crippen LogP contribution in [0.4, 0.5) is 5.95 Å². The van der Waals surface area contributed by atoms with Crippen LogP contribution < -0.4 is 10.9 Å². The van der Waals surface area contributed by atoms with Crippen molar-refractivity contribution in [2.24, 2.45) is 5.92 Å². The number of carbonyl (C=O) groups is 1. The summed E-state index contributed by atoms with van der Waals surface area (Å²) in [5, 5.41) is 2.67. The van der Waals surface area contributed by atoms with Crippen LogP contribution in [0, 0.1) is 5.92 Å². The number of hydrogen-bond donors (Lipinski definition) is 2. The smallest absolute Gasteiger partial charge is 0.335 e. The summed E-state index contributed by atoms with van der Waals surface area (Å²) in [5.74, 6) is -0.548. The normalized spacial score (nSPS) is 25.6. The highest BCUT2D eigenvalue weighted by Crippen LogP contribution is 2.49. The summed E-state index contributed by atoms with van der Waals surface area (Å²) in [7, 11) is -4.20. The van der Waals surface area contributed by atoms with Crippen LogP contribution in [0.15, 0.2) is 11.1 Å². The van der Waals surface area contributed by atoms with Gasteiger partial charge in [0, 0.05) is 13.0 Å². The van der Waals surface area contributed by atoms with Gasteiger partial charge in [-0.2, -0.15) is 4.98 Å². The average Bonchev–Trinajstić information content (AvgIpc) is 3.47. The van der Waals surface area contributed by atoms with Gasteiger partial charge in [0.15, 0.2) is 17.4 Å². The van der Waals surface area contributed by atoms with Gasteiger partial charge in [-0.15, -0.1) is 0 Å². The summed E-state index contributed by atoms with van der Waals surface area (Å²) in [6.45, 7) is 21.1. The van der Waals surface area contributed by atoms with Crippen LogP contribution in [-0.4, -0.2) is 81.4 Å². The van der Waals surface area contributed by atoms with Crippen molar-refractivity contribution in [2.45, 2.75) is 116 Å². The van der Waals surface area contributed by atoms with Gasteiger partial charge in [0.25, 0.3) is 5.56 Å². The minimum absolute atomic E-state index is 0.0102. The molecule has 2 aromatic heterocycles. The summed E-state index contributed by atoms with van der Waals surface area (Å²) in [6, 6.07) is 0. The second-order valence-electron chi connectivity index (χ2n) is 13.0. The van der Waals surface area contributed by atoms with E-state index in [1.807, 2.05) is 0 Å². The van der Waals surface area contributed by atoms with Gasteiger partial charge >= 0.3 is 17.1 Å². The number of aromatic amines is 1. The lowest BCUT2D eigenvalue weighted by atomic mass is 10.1. The van der Waals surface area contributed by atoms with Crippen LogP contribution in [0.25, 0.3) is 11.2 Å². The Kier molecular flexibility index (Phi) is 10.4. The maximum atomic E-state index is 12.9. The molecule has 0 saturated carbocycles. The van der Waals surface area contributed by atoms with E-state index in [9.17, 15) is 9.59 Å². The first kappa shape index (κ1) is 33.9. The van der Waals surface area contributed by atoms with Crippen molar-refractivity contribution in [1.82, 2.24) is 19.5 Å². The third-order valence-electron chi connectivity index (χ3n) is 8.47. The number of anilines is 1. The average molecular weight is 640 g/mol. The fourth-order valence-electron chi connectivity index (χ4n) is 6.10. The summed E-state index contributed by atoms with van der Waals surface area (Å²) in [6.07, 6.45) is -0.991. The van der Waals surface area contributed by atoms with Crippen LogP contribution in [-0.2, 0) is 32.0 Å².